The molecule has 21 nitrogen and oxygen atoms in total. The van der Waals surface area contributed by atoms with Crippen molar-refractivity contribution in [2.45, 2.75) is 77.7 Å². The summed E-state index contributed by atoms with van der Waals surface area (Å²) in [5.41, 5.74) is 6.25. The summed E-state index contributed by atoms with van der Waals surface area (Å²) < 4.78 is 5.58. The number of aliphatic hydroxyl groups is 3. The number of likely N-dealkylation sites (N-methyl/N-ethyl adjacent to an activating group) is 1. The number of hydrogen-bond acceptors (Lipinski definition) is 13. The van der Waals surface area contributed by atoms with Crippen LogP contribution in [0.1, 0.15) is 46.1 Å². The predicted octanol–water partition coefficient (Wildman–Crippen LogP) is -3.48. The quantitative estimate of drug-likeness (QED) is 0.0528. The van der Waals surface area contributed by atoms with E-state index in [0.29, 0.717) is 24.9 Å². The Balaban J connectivity index is 2.52. The molecule has 0 bridgehead atoms. The van der Waals surface area contributed by atoms with Gasteiger partial charge in [-0.2, -0.15) is 0 Å². The summed E-state index contributed by atoms with van der Waals surface area (Å²) in [4.78, 5) is 110. The van der Waals surface area contributed by atoms with Crippen LogP contribution < -0.4 is 16.4 Å². The molecule has 0 unspecified atom stereocenters. The second-order valence-corrected chi connectivity index (χ2v) is 14.8. The lowest BCUT2D eigenvalue weighted by Gasteiger charge is -2.42. The molecular weight excluding hydrogens is 776 g/mol. The number of rotatable bonds is 23. The number of carbonyl (C=O) groups excluding carboxylic acids is 7. The van der Waals surface area contributed by atoms with Gasteiger partial charge in [0.2, 0.25) is 41.4 Å². The molecule has 1 aliphatic heterocycles. The number of nitrogens with zero attached hydrogens (tertiary/aromatic N) is 5. The normalized spacial score (nSPS) is 18.6. The van der Waals surface area contributed by atoms with Crippen LogP contribution in [0.4, 0.5) is 0 Å². The highest BCUT2D eigenvalue weighted by molar-refractivity contribution is 5.93. The Morgan fingerprint density at radius 1 is 0.763 bits per heavy atom. The lowest BCUT2D eigenvalue weighted by atomic mass is 9.96. The third-order valence-electron chi connectivity index (χ3n) is 9.24. The van der Waals surface area contributed by atoms with Crippen LogP contribution in [0.15, 0.2) is 30.3 Å². The Morgan fingerprint density at radius 2 is 1.34 bits per heavy atom. The SMILES string of the molecule is CC(=O)N[C@@H]1[C@@H](O)[C@H](O)[C@@H](CO)O[C@H]1NC(=O)CN(CC(=O)N(CC(=O)O)CC(C)C)C(=O)CN(Cc1ccccc1)C(=O)CN(CCCCN)C(=O)CN(C)C(C)=O. The molecule has 59 heavy (non-hydrogen) atoms. The molecule has 1 saturated heterocycles. The predicted molar refractivity (Wildman–Crippen MR) is 209 cm³/mol. The summed E-state index contributed by atoms with van der Waals surface area (Å²) in [5.74, 6) is -6.53. The Hall–Kier alpha value is -5.22. The van der Waals surface area contributed by atoms with Crippen LogP contribution in [0.25, 0.3) is 0 Å². The van der Waals surface area contributed by atoms with Crippen molar-refractivity contribution in [2.24, 2.45) is 11.7 Å². The summed E-state index contributed by atoms with van der Waals surface area (Å²) in [6.45, 7) is 1.44. The summed E-state index contributed by atoms with van der Waals surface area (Å²) >= 11 is 0. The number of carboxylic acid groups (broad SMARTS) is 1. The average Bonchev–Trinajstić information content (AvgIpc) is 3.16. The first-order valence-electron chi connectivity index (χ1n) is 19.2. The number of aliphatic hydroxyl groups excluding tert-OH is 3. The number of hydrogen-bond donors (Lipinski definition) is 7. The second kappa shape index (κ2) is 24.6. The van der Waals surface area contributed by atoms with E-state index >= 15 is 0 Å². The Kier molecular flexibility index (Phi) is 20.9. The van der Waals surface area contributed by atoms with Crippen LogP contribution in [0.5, 0.6) is 0 Å². The zero-order valence-corrected chi connectivity index (χ0v) is 34.3. The molecule has 7 amide bonds. The van der Waals surface area contributed by atoms with Gasteiger partial charge in [0.05, 0.1) is 19.7 Å². The third kappa shape index (κ3) is 16.9. The fourth-order valence-corrected chi connectivity index (χ4v) is 6.08. The monoisotopic (exact) mass is 836 g/mol. The molecule has 1 heterocycles. The topological polar surface area (TPSA) is 293 Å². The number of nitrogens with one attached hydrogen (secondary N) is 2. The molecule has 2 rings (SSSR count). The summed E-state index contributed by atoms with van der Waals surface area (Å²) in [7, 11) is 1.43. The van der Waals surface area contributed by atoms with Gasteiger partial charge in [0.25, 0.3) is 0 Å². The molecule has 21 heteroatoms. The molecule has 0 saturated carbocycles. The average molecular weight is 837 g/mol. The van der Waals surface area contributed by atoms with E-state index in [1.54, 1.807) is 44.2 Å². The lowest BCUT2D eigenvalue weighted by Crippen LogP contribution is -2.68. The van der Waals surface area contributed by atoms with Crippen LogP contribution in [0.2, 0.25) is 0 Å². The molecule has 0 aliphatic carbocycles. The standard InChI is InChI=1S/C38H60N8O13/c1-24(2)15-44(22-34(55)56)32(53)21-46(17-29(50)41-38-35(40-25(3)48)37(58)36(57)28(23-47)59-38)33(54)20-45(16-27-11-7-6-8-12-27)31(52)19-43(14-10-9-13-39)30(51)18-42(5)26(4)49/h6-8,11-12,24,28,35-38,47,57-58H,9-10,13-23,39H2,1-5H3,(H,40,48)(H,41,50)(H,55,56)/t28-,35-,36-,37-,38-/m1/s1. The van der Waals surface area contributed by atoms with Crippen LogP contribution >= 0.6 is 0 Å². The number of carboxylic acids is 1. The Labute approximate surface area is 343 Å². The minimum absolute atomic E-state index is 0.0120. The Bertz CT molecular complexity index is 1600. The van der Waals surface area contributed by atoms with Crippen molar-refractivity contribution in [3.63, 3.8) is 0 Å². The van der Waals surface area contributed by atoms with E-state index in [2.05, 4.69) is 10.6 Å². The fraction of sp³-hybridized carbons (Fsp3) is 0.632. The van der Waals surface area contributed by atoms with Crippen molar-refractivity contribution in [1.82, 2.24) is 35.1 Å². The number of unbranched alkanes of at least 4 members (excludes halogenated alkanes) is 1. The van der Waals surface area contributed by atoms with Crippen molar-refractivity contribution in [3.8, 4) is 0 Å². The lowest BCUT2D eigenvalue weighted by molar-refractivity contribution is -0.203. The van der Waals surface area contributed by atoms with Gasteiger partial charge in [0.15, 0.2) is 6.23 Å². The maximum atomic E-state index is 14.3. The summed E-state index contributed by atoms with van der Waals surface area (Å²) in [5, 5.41) is 45.1. The van der Waals surface area contributed by atoms with E-state index < -0.39 is 111 Å². The molecule has 1 fully saturated rings. The minimum Gasteiger partial charge on any atom is -0.480 e. The van der Waals surface area contributed by atoms with E-state index in [0.717, 1.165) is 21.6 Å². The van der Waals surface area contributed by atoms with Gasteiger partial charge in [-0.15, -0.1) is 0 Å². The second-order valence-electron chi connectivity index (χ2n) is 14.8. The van der Waals surface area contributed by atoms with Gasteiger partial charge in [0, 0.05) is 40.5 Å². The molecule has 1 aromatic rings. The maximum absolute atomic E-state index is 14.3. The zero-order valence-electron chi connectivity index (χ0n) is 34.3. The fourth-order valence-electron chi connectivity index (χ4n) is 6.08. The number of nitrogens with two attached hydrogens (primary N) is 1. The first-order valence-corrected chi connectivity index (χ1v) is 19.2. The first-order chi connectivity index (χ1) is 27.8. The van der Waals surface area contributed by atoms with Gasteiger partial charge in [-0.25, -0.2) is 0 Å². The number of ether oxygens (including phenoxy) is 1. The van der Waals surface area contributed by atoms with Gasteiger partial charge in [-0.3, -0.25) is 38.4 Å². The van der Waals surface area contributed by atoms with Crippen LogP contribution in [0.3, 0.4) is 0 Å². The minimum atomic E-state index is -1.71. The van der Waals surface area contributed by atoms with Gasteiger partial charge in [-0.05, 0) is 30.9 Å². The van der Waals surface area contributed by atoms with Gasteiger partial charge in [-0.1, -0.05) is 44.2 Å². The number of benzene rings is 1. The first kappa shape index (κ1) is 49.9. The van der Waals surface area contributed by atoms with E-state index in [1.807, 2.05) is 0 Å². The molecular formula is C38H60N8O13. The molecule has 0 radical (unpaired) electrons. The van der Waals surface area contributed by atoms with E-state index in [9.17, 15) is 58.8 Å². The van der Waals surface area contributed by atoms with Gasteiger partial charge in [0.1, 0.15) is 50.5 Å². The van der Waals surface area contributed by atoms with E-state index in [1.165, 1.54) is 23.8 Å². The van der Waals surface area contributed by atoms with Crippen LogP contribution in [0, 0.1) is 5.92 Å². The van der Waals surface area contributed by atoms with Crippen LogP contribution in [-0.4, -0.2) is 195 Å². The molecule has 0 aromatic heterocycles. The van der Waals surface area contributed by atoms with Gasteiger partial charge >= 0.3 is 5.97 Å². The van der Waals surface area contributed by atoms with E-state index in [-0.39, 0.29) is 38.0 Å². The summed E-state index contributed by atoms with van der Waals surface area (Å²) in [6, 6.07) is 7.14. The third-order valence-corrected chi connectivity index (χ3v) is 9.24. The molecule has 5 atom stereocenters. The highest BCUT2D eigenvalue weighted by Crippen LogP contribution is 2.20. The number of carbonyl (C=O) groups is 8. The number of aliphatic carboxylic acids is 1. The highest BCUT2D eigenvalue weighted by atomic mass is 16.5. The number of amides is 7. The molecule has 0 spiro atoms. The molecule has 330 valence electrons. The Morgan fingerprint density at radius 3 is 1.90 bits per heavy atom. The van der Waals surface area contributed by atoms with Crippen molar-refractivity contribution < 1.29 is 63.5 Å². The van der Waals surface area contributed by atoms with Crippen molar-refractivity contribution in [3.05, 3.63) is 35.9 Å². The highest BCUT2D eigenvalue weighted by Gasteiger charge is 2.45. The van der Waals surface area contributed by atoms with E-state index in [4.69, 9.17) is 10.5 Å². The largest absolute Gasteiger partial charge is 0.480 e. The molecule has 8 N–H and O–H groups in total. The smallest absolute Gasteiger partial charge is 0.323 e. The van der Waals surface area contributed by atoms with Crippen molar-refractivity contribution >= 4 is 47.3 Å². The van der Waals surface area contributed by atoms with Crippen molar-refractivity contribution in [2.75, 3.05) is 72.6 Å². The maximum Gasteiger partial charge on any atom is 0.323 e. The van der Waals surface area contributed by atoms with Crippen molar-refractivity contribution in [1.29, 1.82) is 0 Å². The molecule has 1 aromatic carbocycles. The van der Waals surface area contributed by atoms with Crippen LogP contribution in [-0.2, 0) is 49.6 Å². The molecule has 1 aliphatic rings. The van der Waals surface area contributed by atoms with Gasteiger partial charge < -0.3 is 66.0 Å². The zero-order chi connectivity index (χ0) is 44.4. The summed E-state index contributed by atoms with van der Waals surface area (Å²) in [6.07, 6.45) is -5.32.